The fraction of sp³-hybridized carbons (Fsp3) is 0.231. The highest BCUT2D eigenvalue weighted by Crippen LogP contribution is 2.30. The molecule has 3 aromatic rings. The Bertz CT molecular complexity index is 1070. The quantitative estimate of drug-likeness (QED) is 0.518. The zero-order valence-electron chi connectivity index (χ0n) is 17.7. The van der Waals surface area contributed by atoms with E-state index in [4.69, 9.17) is 5.26 Å². The first-order chi connectivity index (χ1) is 15.6. The van der Waals surface area contributed by atoms with Gasteiger partial charge in [0.05, 0.1) is 18.5 Å². The lowest BCUT2D eigenvalue weighted by Gasteiger charge is -2.39. The van der Waals surface area contributed by atoms with E-state index >= 15 is 0 Å². The molecule has 1 heterocycles. The molecule has 0 aliphatic carbocycles. The van der Waals surface area contributed by atoms with Gasteiger partial charge < -0.3 is 10.2 Å². The minimum atomic E-state index is -0.0856. The van der Waals surface area contributed by atoms with Gasteiger partial charge in [0.15, 0.2) is 0 Å². The number of hydrogen-bond acceptors (Lipinski definition) is 3. The van der Waals surface area contributed by atoms with E-state index in [2.05, 4.69) is 80.7 Å². The predicted octanol–water partition coefficient (Wildman–Crippen LogP) is 5.45. The van der Waals surface area contributed by atoms with Crippen LogP contribution in [0.1, 0.15) is 22.7 Å². The number of amides is 2. The van der Waals surface area contributed by atoms with Crippen LogP contribution in [-0.2, 0) is 6.42 Å². The summed E-state index contributed by atoms with van der Waals surface area (Å²) in [6, 6.07) is 28.7. The largest absolute Gasteiger partial charge is 0.322 e. The Balaban J connectivity index is 1.42. The number of nitrogens with zero attached hydrogens (tertiary/aromatic N) is 3. The lowest BCUT2D eigenvalue weighted by molar-refractivity contribution is 0.126. The summed E-state index contributed by atoms with van der Waals surface area (Å²) in [5.74, 6) is 0. The number of nitrogens with one attached hydrogen (secondary N) is 1. The number of urea groups is 1. The zero-order chi connectivity index (χ0) is 22.3. The Morgan fingerprint density at radius 1 is 0.906 bits per heavy atom. The van der Waals surface area contributed by atoms with E-state index in [1.165, 1.54) is 11.1 Å². The maximum Gasteiger partial charge on any atom is 0.321 e. The summed E-state index contributed by atoms with van der Waals surface area (Å²) in [4.78, 5) is 17.1. The van der Waals surface area contributed by atoms with Crippen LogP contribution in [0.25, 0.3) is 0 Å². The second kappa shape index (κ2) is 10.4. The van der Waals surface area contributed by atoms with Crippen molar-refractivity contribution in [3.63, 3.8) is 0 Å². The molecule has 0 saturated carbocycles. The average molecular weight is 489 g/mol. The van der Waals surface area contributed by atoms with Crippen LogP contribution in [0.3, 0.4) is 0 Å². The molecule has 1 unspecified atom stereocenters. The molecule has 1 aliphatic rings. The minimum Gasteiger partial charge on any atom is -0.322 e. The van der Waals surface area contributed by atoms with Crippen LogP contribution in [0, 0.1) is 11.3 Å². The summed E-state index contributed by atoms with van der Waals surface area (Å²) in [5.41, 5.74) is 4.19. The zero-order valence-corrected chi connectivity index (χ0v) is 19.3. The number of nitriles is 1. The van der Waals surface area contributed by atoms with Crippen molar-refractivity contribution in [1.82, 2.24) is 9.80 Å². The lowest BCUT2D eigenvalue weighted by Crippen LogP contribution is -2.51. The molecular weight excluding hydrogens is 464 g/mol. The van der Waals surface area contributed by atoms with Gasteiger partial charge >= 0.3 is 6.03 Å². The number of carbonyl (C=O) groups excluding carboxylic acids is 1. The van der Waals surface area contributed by atoms with E-state index in [1.54, 1.807) is 0 Å². The summed E-state index contributed by atoms with van der Waals surface area (Å²) in [6.45, 7) is 2.92. The molecule has 32 heavy (non-hydrogen) atoms. The third-order valence-corrected chi connectivity index (χ3v) is 6.28. The van der Waals surface area contributed by atoms with Gasteiger partial charge in [0.25, 0.3) is 0 Å². The van der Waals surface area contributed by atoms with Crippen molar-refractivity contribution in [2.45, 2.75) is 12.5 Å². The average Bonchev–Trinajstić information content (AvgIpc) is 2.83. The first kappa shape index (κ1) is 22.1. The Labute approximate surface area is 197 Å². The smallest absolute Gasteiger partial charge is 0.321 e. The summed E-state index contributed by atoms with van der Waals surface area (Å²) >= 11 is 3.53. The second-order valence-corrected chi connectivity index (χ2v) is 8.77. The van der Waals surface area contributed by atoms with Gasteiger partial charge in [0.2, 0.25) is 0 Å². The monoisotopic (exact) mass is 488 g/mol. The number of rotatable bonds is 5. The third kappa shape index (κ3) is 5.37. The normalized spacial score (nSPS) is 15.1. The summed E-state index contributed by atoms with van der Waals surface area (Å²) in [7, 11) is 0. The van der Waals surface area contributed by atoms with Crippen LogP contribution in [-0.4, -0.2) is 42.0 Å². The van der Waals surface area contributed by atoms with Gasteiger partial charge in [-0.15, -0.1) is 0 Å². The third-order valence-electron chi connectivity index (χ3n) is 5.76. The highest BCUT2D eigenvalue weighted by molar-refractivity contribution is 9.10. The molecule has 0 aromatic heterocycles. The predicted molar refractivity (Wildman–Crippen MR) is 130 cm³/mol. The van der Waals surface area contributed by atoms with Crippen LogP contribution in [0.2, 0.25) is 0 Å². The van der Waals surface area contributed by atoms with Crippen LogP contribution in [0.4, 0.5) is 10.5 Å². The van der Waals surface area contributed by atoms with E-state index in [1.807, 2.05) is 35.2 Å². The van der Waals surface area contributed by atoms with Gasteiger partial charge in [0.1, 0.15) is 0 Å². The first-order valence-corrected chi connectivity index (χ1v) is 11.5. The van der Waals surface area contributed by atoms with Crippen LogP contribution in [0.5, 0.6) is 0 Å². The van der Waals surface area contributed by atoms with Gasteiger partial charge in [-0.25, -0.2) is 4.79 Å². The number of benzene rings is 3. The molecule has 1 aliphatic heterocycles. The van der Waals surface area contributed by atoms with Crippen LogP contribution >= 0.6 is 15.9 Å². The molecule has 4 rings (SSSR count). The van der Waals surface area contributed by atoms with Gasteiger partial charge in [-0.3, -0.25) is 4.90 Å². The maximum atomic E-state index is 12.8. The number of halogens is 1. The maximum absolute atomic E-state index is 12.8. The van der Waals surface area contributed by atoms with Gasteiger partial charge in [-0.05, 0) is 41.0 Å². The lowest BCUT2D eigenvalue weighted by atomic mass is 9.96. The Morgan fingerprint density at radius 2 is 1.53 bits per heavy atom. The molecule has 0 spiro atoms. The van der Waals surface area contributed by atoms with Crippen molar-refractivity contribution >= 4 is 27.6 Å². The van der Waals surface area contributed by atoms with E-state index in [9.17, 15) is 4.79 Å². The molecule has 6 heteroatoms. The molecule has 1 saturated heterocycles. The Hall–Kier alpha value is -3.14. The summed E-state index contributed by atoms with van der Waals surface area (Å²) in [5, 5.41) is 11.8. The Morgan fingerprint density at radius 3 is 2.16 bits per heavy atom. The summed E-state index contributed by atoms with van der Waals surface area (Å²) < 4.78 is 1.07. The molecule has 2 amide bonds. The second-order valence-electron chi connectivity index (χ2n) is 7.85. The Kier molecular flexibility index (Phi) is 7.21. The van der Waals surface area contributed by atoms with Crippen molar-refractivity contribution in [3.8, 4) is 6.07 Å². The van der Waals surface area contributed by atoms with Crippen LogP contribution in [0.15, 0.2) is 83.3 Å². The fourth-order valence-corrected chi connectivity index (χ4v) is 4.34. The first-order valence-electron chi connectivity index (χ1n) is 10.7. The number of piperazine rings is 1. The molecule has 1 atom stereocenters. The van der Waals surface area contributed by atoms with Gasteiger partial charge in [0, 0.05) is 36.3 Å². The van der Waals surface area contributed by atoms with Gasteiger partial charge in [-0.2, -0.15) is 5.26 Å². The van der Waals surface area contributed by atoms with Crippen molar-refractivity contribution in [3.05, 3.63) is 100 Å². The SMILES string of the molecule is N#CCc1ccc(NC(=O)N2CCN(C(c3ccccc3)c3ccc(Br)cc3)CC2)cc1. The molecule has 0 radical (unpaired) electrons. The fourth-order valence-electron chi connectivity index (χ4n) is 4.08. The minimum absolute atomic E-state index is 0.0856. The van der Waals surface area contributed by atoms with Crippen molar-refractivity contribution in [2.24, 2.45) is 0 Å². The van der Waals surface area contributed by atoms with Crippen molar-refractivity contribution < 1.29 is 4.79 Å². The molecular formula is C26H25BrN4O. The number of hydrogen-bond donors (Lipinski definition) is 1. The standard InChI is InChI=1S/C26H25BrN4O/c27-23-10-8-22(9-11-23)25(21-4-2-1-3-5-21)30-16-18-31(19-17-30)26(32)29-24-12-6-20(7-13-24)14-15-28/h1-13,25H,14,16-19H2,(H,29,32). The summed E-state index contributed by atoms with van der Waals surface area (Å²) in [6.07, 6.45) is 0.372. The number of anilines is 1. The van der Waals surface area contributed by atoms with Crippen LogP contribution < -0.4 is 5.32 Å². The van der Waals surface area contributed by atoms with E-state index in [0.717, 1.165) is 28.8 Å². The molecule has 1 N–H and O–H groups in total. The van der Waals surface area contributed by atoms with Gasteiger partial charge in [-0.1, -0.05) is 70.5 Å². The molecule has 5 nitrogen and oxygen atoms in total. The van der Waals surface area contributed by atoms with E-state index in [-0.39, 0.29) is 12.1 Å². The topological polar surface area (TPSA) is 59.4 Å². The highest BCUT2D eigenvalue weighted by atomic mass is 79.9. The van der Waals surface area contributed by atoms with Crippen molar-refractivity contribution in [2.75, 3.05) is 31.5 Å². The van der Waals surface area contributed by atoms with E-state index < -0.39 is 0 Å². The molecule has 0 bridgehead atoms. The van der Waals surface area contributed by atoms with E-state index in [0.29, 0.717) is 19.5 Å². The highest BCUT2D eigenvalue weighted by Gasteiger charge is 2.28. The number of carbonyl (C=O) groups is 1. The molecule has 3 aromatic carbocycles. The molecule has 162 valence electrons. The molecule has 1 fully saturated rings. The van der Waals surface area contributed by atoms with Crippen molar-refractivity contribution in [1.29, 1.82) is 5.26 Å².